The predicted octanol–water partition coefficient (Wildman–Crippen LogP) is 4.06. The molecule has 24 heavy (non-hydrogen) atoms. The molecule has 2 heterocycles. The van der Waals surface area contributed by atoms with E-state index in [0.29, 0.717) is 0 Å². The summed E-state index contributed by atoms with van der Waals surface area (Å²) in [5.41, 5.74) is 3.63. The Kier molecular flexibility index (Phi) is 3.39. The highest BCUT2D eigenvalue weighted by atomic mass is 32.1. The Bertz CT molecular complexity index is 1030. The van der Waals surface area contributed by atoms with Gasteiger partial charge in [-0.25, -0.2) is 9.78 Å². The molecule has 0 amide bonds. The van der Waals surface area contributed by atoms with E-state index < -0.39 is 5.97 Å². The largest absolute Gasteiger partial charge is 0.476 e. The fourth-order valence-corrected chi connectivity index (χ4v) is 3.71. The minimum Gasteiger partial charge on any atom is -0.476 e. The Labute approximate surface area is 141 Å². The van der Waals surface area contributed by atoms with Crippen molar-refractivity contribution in [3.63, 3.8) is 0 Å². The van der Waals surface area contributed by atoms with Crippen LogP contribution in [0.3, 0.4) is 0 Å². The Morgan fingerprint density at radius 3 is 2.50 bits per heavy atom. The van der Waals surface area contributed by atoms with E-state index in [1.54, 1.807) is 29.1 Å². The van der Waals surface area contributed by atoms with Crippen molar-refractivity contribution in [1.29, 1.82) is 0 Å². The second-order valence-corrected chi connectivity index (χ2v) is 6.41. The van der Waals surface area contributed by atoms with Gasteiger partial charge in [0.1, 0.15) is 5.01 Å². The van der Waals surface area contributed by atoms with Crippen LogP contribution >= 0.6 is 11.3 Å². The van der Waals surface area contributed by atoms with Gasteiger partial charge in [-0.1, -0.05) is 36.4 Å². The maximum absolute atomic E-state index is 11.2. The van der Waals surface area contributed by atoms with Crippen LogP contribution in [0.1, 0.15) is 10.5 Å². The summed E-state index contributed by atoms with van der Waals surface area (Å²) < 4.78 is 2.72. The minimum absolute atomic E-state index is 0.0339. The fourth-order valence-electron chi connectivity index (χ4n) is 2.70. The zero-order valence-electron chi connectivity index (χ0n) is 12.8. The number of carboxylic acids is 1. The van der Waals surface area contributed by atoms with Gasteiger partial charge in [0.05, 0.1) is 15.9 Å². The van der Waals surface area contributed by atoms with Gasteiger partial charge in [-0.2, -0.15) is 5.10 Å². The van der Waals surface area contributed by atoms with Crippen molar-refractivity contribution in [2.45, 2.75) is 0 Å². The van der Waals surface area contributed by atoms with Crippen LogP contribution in [-0.4, -0.2) is 25.8 Å². The molecule has 118 valence electrons. The summed E-state index contributed by atoms with van der Waals surface area (Å²) in [4.78, 5) is 15.9. The smallest absolute Gasteiger partial charge is 0.356 e. The summed E-state index contributed by atoms with van der Waals surface area (Å²) in [6, 6.07) is 17.4. The molecular weight excluding hydrogens is 322 g/mol. The van der Waals surface area contributed by atoms with Crippen molar-refractivity contribution >= 4 is 27.5 Å². The zero-order valence-corrected chi connectivity index (χ0v) is 13.6. The number of rotatable bonds is 3. The van der Waals surface area contributed by atoms with Crippen LogP contribution in [-0.2, 0) is 7.05 Å². The molecule has 0 spiro atoms. The van der Waals surface area contributed by atoms with Crippen molar-refractivity contribution in [2.75, 3.05) is 0 Å². The molecule has 0 atom stereocenters. The first kappa shape index (κ1) is 14.6. The summed E-state index contributed by atoms with van der Waals surface area (Å²) in [5.74, 6) is -1.03. The maximum atomic E-state index is 11.2. The molecule has 0 aliphatic rings. The third kappa shape index (κ3) is 2.37. The van der Waals surface area contributed by atoms with E-state index in [4.69, 9.17) is 10.1 Å². The predicted molar refractivity (Wildman–Crippen MR) is 94.2 cm³/mol. The molecule has 0 fully saturated rings. The van der Waals surface area contributed by atoms with E-state index in [-0.39, 0.29) is 5.69 Å². The van der Waals surface area contributed by atoms with E-state index >= 15 is 0 Å². The van der Waals surface area contributed by atoms with Gasteiger partial charge < -0.3 is 5.11 Å². The van der Waals surface area contributed by atoms with Crippen LogP contribution in [0.15, 0.2) is 54.6 Å². The molecule has 2 aromatic carbocycles. The number of nitrogens with zero attached hydrogens (tertiary/aromatic N) is 3. The summed E-state index contributed by atoms with van der Waals surface area (Å²) in [7, 11) is 1.75. The Hall–Kier alpha value is -2.99. The highest BCUT2D eigenvalue weighted by Gasteiger charge is 2.17. The summed E-state index contributed by atoms with van der Waals surface area (Å²) >= 11 is 1.62. The molecule has 0 radical (unpaired) electrons. The zero-order chi connectivity index (χ0) is 16.7. The Morgan fingerprint density at radius 1 is 1.08 bits per heavy atom. The van der Waals surface area contributed by atoms with Crippen LogP contribution in [0, 0.1) is 0 Å². The second-order valence-electron chi connectivity index (χ2n) is 5.38. The molecule has 4 aromatic rings. The number of aryl methyl sites for hydroxylation is 1. The molecule has 0 aliphatic carbocycles. The number of fused-ring (bicyclic) bond motifs is 1. The number of carboxylic acid groups (broad SMARTS) is 1. The van der Waals surface area contributed by atoms with E-state index in [2.05, 4.69) is 5.10 Å². The molecule has 2 aromatic heterocycles. The molecule has 0 aliphatic heterocycles. The van der Waals surface area contributed by atoms with E-state index in [1.165, 1.54) is 0 Å². The molecule has 1 N–H and O–H groups in total. The first-order chi connectivity index (χ1) is 11.6. The standard InChI is InChI=1S/C18H13N3O2S/c1-21-15(10-14(20-21)18(22)23)11-6-2-3-7-12(11)17-19-13-8-4-5-9-16(13)24-17/h2-10H,1H3,(H,22,23). The average molecular weight is 335 g/mol. The quantitative estimate of drug-likeness (QED) is 0.613. The Balaban J connectivity index is 1.91. The van der Waals surface area contributed by atoms with Gasteiger partial charge in [0, 0.05) is 18.2 Å². The topological polar surface area (TPSA) is 68.0 Å². The lowest BCUT2D eigenvalue weighted by Crippen LogP contribution is -1.99. The highest BCUT2D eigenvalue weighted by molar-refractivity contribution is 7.21. The van der Waals surface area contributed by atoms with Gasteiger partial charge in [0.15, 0.2) is 5.69 Å². The van der Waals surface area contributed by atoms with Crippen molar-refractivity contribution in [3.8, 4) is 21.8 Å². The highest BCUT2D eigenvalue weighted by Crippen LogP contribution is 2.36. The van der Waals surface area contributed by atoms with Crippen LogP contribution in [0.25, 0.3) is 32.0 Å². The lowest BCUT2D eigenvalue weighted by molar-refractivity contribution is 0.0689. The van der Waals surface area contributed by atoms with E-state index in [1.807, 2.05) is 48.5 Å². The van der Waals surface area contributed by atoms with E-state index in [9.17, 15) is 4.79 Å². The van der Waals surface area contributed by atoms with Crippen molar-refractivity contribution in [2.24, 2.45) is 7.05 Å². The monoisotopic (exact) mass is 335 g/mol. The van der Waals surface area contributed by atoms with Crippen LogP contribution in [0.5, 0.6) is 0 Å². The van der Waals surface area contributed by atoms with Gasteiger partial charge in [-0.3, -0.25) is 4.68 Å². The molecule has 4 rings (SSSR count). The number of para-hydroxylation sites is 1. The molecule has 6 heteroatoms. The molecular formula is C18H13N3O2S. The van der Waals surface area contributed by atoms with Crippen LogP contribution < -0.4 is 0 Å². The van der Waals surface area contributed by atoms with Crippen molar-refractivity contribution in [1.82, 2.24) is 14.8 Å². The Morgan fingerprint density at radius 2 is 1.79 bits per heavy atom. The summed E-state index contributed by atoms with van der Waals surface area (Å²) in [6.07, 6.45) is 0. The second kappa shape index (κ2) is 5.58. The number of aromatic carboxylic acids is 1. The van der Waals surface area contributed by atoms with Crippen LogP contribution in [0.2, 0.25) is 0 Å². The molecule has 0 saturated heterocycles. The lowest BCUT2D eigenvalue weighted by Gasteiger charge is -2.07. The maximum Gasteiger partial charge on any atom is 0.356 e. The fraction of sp³-hybridized carbons (Fsp3) is 0.0556. The lowest BCUT2D eigenvalue weighted by atomic mass is 10.0. The normalized spacial score (nSPS) is 11.0. The first-order valence-electron chi connectivity index (χ1n) is 7.36. The summed E-state index contributed by atoms with van der Waals surface area (Å²) in [5, 5.41) is 14.1. The minimum atomic E-state index is -1.03. The third-order valence-electron chi connectivity index (χ3n) is 3.83. The SMILES string of the molecule is Cn1nc(C(=O)O)cc1-c1ccccc1-c1nc2ccccc2s1. The van der Waals surface area contributed by atoms with Gasteiger partial charge in [0.25, 0.3) is 0 Å². The first-order valence-corrected chi connectivity index (χ1v) is 8.18. The molecule has 0 bridgehead atoms. The number of aromatic nitrogens is 3. The number of thiazole rings is 1. The number of hydrogen-bond acceptors (Lipinski definition) is 4. The third-order valence-corrected chi connectivity index (χ3v) is 4.90. The number of hydrogen-bond donors (Lipinski definition) is 1. The van der Waals surface area contributed by atoms with Crippen molar-refractivity contribution < 1.29 is 9.90 Å². The van der Waals surface area contributed by atoms with Gasteiger partial charge in [-0.15, -0.1) is 11.3 Å². The van der Waals surface area contributed by atoms with Gasteiger partial charge in [-0.05, 0) is 18.2 Å². The summed E-state index contributed by atoms with van der Waals surface area (Å²) in [6.45, 7) is 0. The van der Waals surface area contributed by atoms with Crippen LogP contribution in [0.4, 0.5) is 0 Å². The number of benzene rings is 2. The molecule has 0 unspecified atom stereocenters. The number of carbonyl (C=O) groups is 1. The van der Waals surface area contributed by atoms with Crippen molar-refractivity contribution in [3.05, 3.63) is 60.3 Å². The van der Waals surface area contributed by atoms with Gasteiger partial charge in [0.2, 0.25) is 0 Å². The molecule has 5 nitrogen and oxygen atoms in total. The molecule has 0 saturated carbocycles. The van der Waals surface area contributed by atoms with Gasteiger partial charge >= 0.3 is 5.97 Å². The average Bonchev–Trinajstić information content (AvgIpc) is 3.18. The van der Waals surface area contributed by atoms with E-state index in [0.717, 1.165) is 32.0 Å².